The minimum Gasteiger partial charge on any atom is -0.505 e. The second-order valence-electron chi connectivity index (χ2n) is 11.9. The molecule has 9 heteroatoms. The van der Waals surface area contributed by atoms with Crippen molar-refractivity contribution in [2.24, 2.45) is 11.8 Å². The Hall–Kier alpha value is -3.07. The van der Waals surface area contributed by atoms with Gasteiger partial charge in [-0.3, -0.25) is 4.90 Å². The van der Waals surface area contributed by atoms with E-state index in [2.05, 4.69) is 18.7 Å². The Balaban J connectivity index is 1.40. The Kier molecular flexibility index (Phi) is 7.75. The van der Waals surface area contributed by atoms with E-state index in [-0.39, 0.29) is 21.4 Å². The normalized spacial score (nSPS) is 21.6. The summed E-state index contributed by atoms with van der Waals surface area (Å²) in [5, 5.41) is 10.4. The highest BCUT2D eigenvalue weighted by atomic mass is 35.5. The first-order valence-corrected chi connectivity index (χ1v) is 16.7. The van der Waals surface area contributed by atoms with Gasteiger partial charge in [-0.2, -0.15) is 0 Å². The molecule has 1 saturated carbocycles. The van der Waals surface area contributed by atoms with Gasteiger partial charge in [-0.1, -0.05) is 36.7 Å². The van der Waals surface area contributed by atoms with E-state index in [1.54, 1.807) is 18.2 Å². The van der Waals surface area contributed by atoms with E-state index in [1.165, 1.54) is 18.6 Å². The van der Waals surface area contributed by atoms with Crippen LogP contribution in [0.5, 0.6) is 17.2 Å². The molecule has 1 unspecified atom stereocenters. The van der Waals surface area contributed by atoms with Crippen molar-refractivity contribution in [1.29, 1.82) is 0 Å². The molecule has 0 bridgehead atoms. The Morgan fingerprint density at radius 1 is 1.10 bits per heavy atom. The number of fused-ring (bicyclic) bond motifs is 1. The van der Waals surface area contributed by atoms with Gasteiger partial charge in [-0.25, -0.2) is 12.8 Å². The summed E-state index contributed by atoms with van der Waals surface area (Å²) < 4.78 is 53.2. The number of hydrogen-bond donors (Lipinski definition) is 1. The summed E-state index contributed by atoms with van der Waals surface area (Å²) in [5.41, 5.74) is 3.01. The summed E-state index contributed by atoms with van der Waals surface area (Å²) in [5.74, 6) is 0.641. The van der Waals surface area contributed by atoms with Crippen molar-refractivity contribution in [3.05, 3.63) is 82.1 Å². The number of benzene rings is 3. The van der Waals surface area contributed by atoms with Crippen molar-refractivity contribution in [3.8, 4) is 17.2 Å². The molecule has 2 aliphatic heterocycles. The van der Waals surface area contributed by atoms with Crippen LogP contribution in [0.2, 0.25) is 5.02 Å². The standard InChI is InChI=1S/C33H35ClFNO5S/c1-19-14-15-36(17-19)20(2)18-40-24-9-6-22(7-10-24)33-30(23-8-11-25(34)28(16-23)42(3,38)39)29(21-4-5-21)31-27(41-33)13-12-26(37)32(31)35/h6-13,16,19-21,33,37H,4-5,14-15,17-18H2,1-3H3/t19-,20+,33?/m1/s1. The molecule has 1 aliphatic carbocycles. The maximum absolute atomic E-state index is 15.5. The number of allylic oxidation sites excluding steroid dienone is 1. The van der Waals surface area contributed by atoms with Crippen LogP contribution in [0.15, 0.2) is 59.5 Å². The van der Waals surface area contributed by atoms with Crippen molar-refractivity contribution in [2.45, 2.75) is 50.2 Å². The first kappa shape index (κ1) is 29.0. The Labute approximate surface area is 251 Å². The summed E-state index contributed by atoms with van der Waals surface area (Å²) in [7, 11) is -3.63. The van der Waals surface area contributed by atoms with Gasteiger partial charge < -0.3 is 14.6 Å². The molecule has 1 saturated heterocycles. The molecule has 1 N–H and O–H groups in total. The number of halogens is 2. The summed E-state index contributed by atoms with van der Waals surface area (Å²) in [6.07, 6.45) is 3.39. The van der Waals surface area contributed by atoms with Crippen molar-refractivity contribution < 1.29 is 27.4 Å². The number of aromatic hydroxyl groups is 1. The minimum absolute atomic E-state index is 0.00416. The molecule has 0 radical (unpaired) electrons. The van der Waals surface area contributed by atoms with Crippen LogP contribution < -0.4 is 9.47 Å². The van der Waals surface area contributed by atoms with Gasteiger partial charge in [-0.05, 0) is 97.7 Å². The average Bonchev–Trinajstić information content (AvgIpc) is 3.71. The molecular weight excluding hydrogens is 577 g/mol. The number of likely N-dealkylation sites (tertiary alicyclic amines) is 1. The van der Waals surface area contributed by atoms with Gasteiger partial charge >= 0.3 is 0 Å². The highest BCUT2D eigenvalue weighted by Crippen LogP contribution is 2.56. The maximum atomic E-state index is 15.5. The largest absolute Gasteiger partial charge is 0.505 e. The summed E-state index contributed by atoms with van der Waals surface area (Å²) in [6.45, 7) is 7.22. The Bertz CT molecular complexity index is 1650. The third kappa shape index (κ3) is 5.64. The summed E-state index contributed by atoms with van der Waals surface area (Å²) >= 11 is 6.29. The maximum Gasteiger partial charge on any atom is 0.177 e. The first-order valence-electron chi connectivity index (χ1n) is 14.4. The van der Waals surface area contributed by atoms with Gasteiger partial charge in [0.15, 0.2) is 21.4 Å². The summed E-state index contributed by atoms with van der Waals surface area (Å²) in [6, 6.07) is 15.7. The van der Waals surface area contributed by atoms with Crippen LogP contribution in [0.4, 0.5) is 4.39 Å². The van der Waals surface area contributed by atoms with Gasteiger partial charge in [0.2, 0.25) is 0 Å². The highest BCUT2D eigenvalue weighted by Gasteiger charge is 2.41. The van der Waals surface area contributed by atoms with Gasteiger partial charge in [-0.15, -0.1) is 0 Å². The zero-order chi connectivity index (χ0) is 29.8. The quantitative estimate of drug-likeness (QED) is 0.291. The van der Waals surface area contributed by atoms with E-state index in [0.29, 0.717) is 35.5 Å². The van der Waals surface area contributed by atoms with E-state index in [9.17, 15) is 13.5 Å². The topological polar surface area (TPSA) is 76.1 Å². The smallest absolute Gasteiger partial charge is 0.177 e. The lowest BCUT2D eigenvalue weighted by Gasteiger charge is -2.33. The molecule has 6 nitrogen and oxygen atoms in total. The van der Waals surface area contributed by atoms with Crippen molar-refractivity contribution in [3.63, 3.8) is 0 Å². The lowest BCUT2D eigenvalue weighted by Crippen LogP contribution is -2.35. The fourth-order valence-corrected chi connectivity index (χ4v) is 7.38. The third-order valence-electron chi connectivity index (χ3n) is 8.53. The van der Waals surface area contributed by atoms with Crippen LogP contribution in [0.1, 0.15) is 55.9 Å². The van der Waals surface area contributed by atoms with E-state index in [0.717, 1.165) is 49.1 Å². The number of nitrogens with zero attached hydrogens (tertiary/aromatic N) is 1. The molecule has 0 amide bonds. The van der Waals surface area contributed by atoms with E-state index < -0.39 is 27.5 Å². The lowest BCUT2D eigenvalue weighted by molar-refractivity contribution is 0.169. The number of rotatable bonds is 8. The molecule has 2 heterocycles. The molecule has 6 rings (SSSR count). The Morgan fingerprint density at radius 2 is 1.83 bits per heavy atom. The molecule has 3 aliphatic rings. The van der Waals surface area contributed by atoms with Gasteiger partial charge in [0, 0.05) is 24.4 Å². The molecule has 3 aromatic rings. The number of sulfone groups is 1. The number of phenolic OH excluding ortho intramolecular Hbond substituents is 1. The molecule has 222 valence electrons. The lowest BCUT2D eigenvalue weighted by atomic mass is 9.83. The predicted molar refractivity (Wildman–Crippen MR) is 162 cm³/mol. The monoisotopic (exact) mass is 611 g/mol. The number of hydrogen-bond acceptors (Lipinski definition) is 6. The zero-order valence-electron chi connectivity index (χ0n) is 23.9. The average molecular weight is 612 g/mol. The SMILES string of the molecule is C[C@@H]1CCN([C@@H](C)COc2ccc(C3Oc4ccc(O)c(F)c4C(C4CC4)=C3c3ccc(Cl)c(S(C)(=O)=O)c3)cc2)C1. The predicted octanol–water partition coefficient (Wildman–Crippen LogP) is 7.15. The second-order valence-corrected chi connectivity index (χ2v) is 14.3. The van der Waals surface area contributed by atoms with Crippen LogP contribution in [-0.4, -0.2) is 50.4 Å². The van der Waals surface area contributed by atoms with Crippen LogP contribution in [0.3, 0.4) is 0 Å². The van der Waals surface area contributed by atoms with Gasteiger partial charge in [0.1, 0.15) is 24.2 Å². The third-order valence-corrected chi connectivity index (χ3v) is 10.1. The van der Waals surface area contributed by atoms with Crippen molar-refractivity contribution in [2.75, 3.05) is 26.0 Å². The Morgan fingerprint density at radius 3 is 2.48 bits per heavy atom. The van der Waals surface area contributed by atoms with Gasteiger partial charge in [0.25, 0.3) is 0 Å². The van der Waals surface area contributed by atoms with E-state index in [1.807, 2.05) is 24.3 Å². The summed E-state index contributed by atoms with van der Waals surface area (Å²) in [4.78, 5) is 2.45. The van der Waals surface area contributed by atoms with Crippen LogP contribution >= 0.6 is 11.6 Å². The number of phenols is 1. The molecular formula is C33H35ClFNO5S. The fourth-order valence-electron chi connectivity index (χ4n) is 6.08. The molecule has 2 fully saturated rings. The molecule has 42 heavy (non-hydrogen) atoms. The van der Waals surface area contributed by atoms with Crippen molar-refractivity contribution in [1.82, 2.24) is 4.90 Å². The van der Waals surface area contributed by atoms with Crippen molar-refractivity contribution >= 4 is 32.6 Å². The van der Waals surface area contributed by atoms with Crippen LogP contribution in [0, 0.1) is 17.7 Å². The zero-order valence-corrected chi connectivity index (χ0v) is 25.5. The highest BCUT2D eigenvalue weighted by molar-refractivity contribution is 7.90. The first-order chi connectivity index (χ1) is 20.0. The van der Waals surface area contributed by atoms with E-state index >= 15 is 4.39 Å². The van der Waals surface area contributed by atoms with Gasteiger partial charge in [0.05, 0.1) is 15.5 Å². The fraction of sp³-hybridized carbons (Fsp3) is 0.394. The second kappa shape index (κ2) is 11.2. The van der Waals surface area contributed by atoms with Crippen LogP contribution in [-0.2, 0) is 9.84 Å². The van der Waals surface area contributed by atoms with Crippen LogP contribution in [0.25, 0.3) is 11.1 Å². The molecule has 3 atom stereocenters. The minimum atomic E-state index is -3.63. The van der Waals surface area contributed by atoms with E-state index in [4.69, 9.17) is 21.1 Å². The number of ether oxygens (including phenoxy) is 2. The molecule has 3 aromatic carbocycles. The molecule has 0 aromatic heterocycles. The molecule has 0 spiro atoms.